The number of piperazine rings is 1. The molecule has 0 unspecified atom stereocenters. The number of hydrogen-bond donors (Lipinski definition) is 2. The lowest BCUT2D eigenvalue weighted by Crippen LogP contribution is -2.43. The molecule has 10 nitrogen and oxygen atoms in total. The van der Waals surface area contributed by atoms with Gasteiger partial charge in [-0.2, -0.15) is 4.99 Å². The highest BCUT2D eigenvalue weighted by Crippen LogP contribution is 2.26. The Balaban J connectivity index is 1.76. The van der Waals surface area contributed by atoms with Crippen LogP contribution in [0, 0.1) is 13.8 Å². The zero-order valence-corrected chi connectivity index (χ0v) is 22.6. The Morgan fingerprint density at radius 3 is 2.53 bits per heavy atom. The van der Waals surface area contributed by atoms with E-state index in [1.165, 1.54) is 11.8 Å². The molecule has 1 fully saturated rings. The van der Waals surface area contributed by atoms with Gasteiger partial charge in [0, 0.05) is 55.9 Å². The highest BCUT2D eigenvalue weighted by molar-refractivity contribution is 5.98. The summed E-state index contributed by atoms with van der Waals surface area (Å²) in [6, 6.07) is 9.27. The third-order valence-corrected chi connectivity index (χ3v) is 6.63. The predicted molar refractivity (Wildman–Crippen MR) is 156 cm³/mol. The molecule has 0 bridgehead atoms. The summed E-state index contributed by atoms with van der Waals surface area (Å²) in [5.41, 5.74) is 3.91. The summed E-state index contributed by atoms with van der Waals surface area (Å²) < 4.78 is 4.86. The van der Waals surface area contributed by atoms with Crippen LogP contribution in [0.4, 0.5) is 17.2 Å². The second-order valence-corrected chi connectivity index (χ2v) is 9.62. The number of hydrogen-bond acceptors (Lipinski definition) is 5. The fraction of sp³-hybridized carbons (Fsp3) is 0.357. The molecule has 10 heteroatoms. The van der Waals surface area contributed by atoms with Gasteiger partial charge in [0.25, 0.3) is 11.1 Å². The summed E-state index contributed by atoms with van der Waals surface area (Å²) in [5, 5.41) is 6.62. The number of aryl methyl sites for hydroxylation is 1. The van der Waals surface area contributed by atoms with Crippen LogP contribution in [-0.2, 0) is 6.54 Å². The van der Waals surface area contributed by atoms with E-state index in [-0.39, 0.29) is 29.7 Å². The quantitative estimate of drug-likeness (QED) is 0.285. The third kappa shape index (κ3) is 5.40. The minimum absolute atomic E-state index is 0.0508. The van der Waals surface area contributed by atoms with Gasteiger partial charge < -0.3 is 20.1 Å². The maximum Gasteiger partial charge on any atom is 0.272 e. The van der Waals surface area contributed by atoms with Gasteiger partial charge in [0.15, 0.2) is 5.82 Å². The van der Waals surface area contributed by atoms with Crippen LogP contribution in [-0.4, -0.2) is 52.8 Å². The maximum absolute atomic E-state index is 13.2. The lowest BCUT2D eigenvalue weighted by Gasteiger charge is -2.30. The van der Waals surface area contributed by atoms with Gasteiger partial charge in [-0.15, -0.1) is 6.58 Å². The standard InChI is InChI=1S/C28H36N8O2/c1-7-14-35-27(38)21(5)26(36(35)23-9-11-25(37)34(18-23)19(2)3)32-28(29-6)31-22-8-10-24(20(4)17-22)33-15-12-30-13-16-33/h7-11,17-19,30H,1,6,12-16H2,2-5H3,(H,31,32). The van der Waals surface area contributed by atoms with E-state index in [1.54, 1.807) is 39.2 Å². The number of rotatable bonds is 7. The Hall–Kier alpha value is -4.18. The number of allylic oxidation sites excluding steroid dienone is 1. The molecule has 1 aliphatic heterocycles. The number of benzene rings is 1. The van der Waals surface area contributed by atoms with Gasteiger partial charge >= 0.3 is 0 Å². The number of pyridine rings is 1. The summed E-state index contributed by atoms with van der Waals surface area (Å²) in [4.78, 5) is 36.8. The smallest absolute Gasteiger partial charge is 0.272 e. The van der Waals surface area contributed by atoms with Gasteiger partial charge in [-0.05, 0) is 64.2 Å². The SMILES string of the molecule is C=CCn1c(=O)c(C)c(/N=C(\N=C)Nc2ccc(N3CCNCC3)c(C)c2)n1-c1ccc(=O)n(C(C)C)c1. The number of aromatic nitrogens is 3. The number of anilines is 2. The highest BCUT2D eigenvalue weighted by Gasteiger charge is 2.20. The van der Waals surface area contributed by atoms with Gasteiger partial charge in [0.05, 0.1) is 17.8 Å². The van der Waals surface area contributed by atoms with Crippen LogP contribution >= 0.6 is 0 Å². The summed E-state index contributed by atoms with van der Waals surface area (Å²) in [6.07, 6.45) is 3.38. The molecule has 4 rings (SSSR count). The van der Waals surface area contributed by atoms with Crippen LogP contribution in [0.1, 0.15) is 31.0 Å². The molecule has 0 saturated carbocycles. The van der Waals surface area contributed by atoms with E-state index < -0.39 is 0 Å². The fourth-order valence-electron chi connectivity index (χ4n) is 4.68. The molecule has 3 aromatic rings. The van der Waals surface area contributed by atoms with Gasteiger partial charge in [-0.3, -0.25) is 9.59 Å². The van der Waals surface area contributed by atoms with E-state index in [1.807, 2.05) is 19.9 Å². The average molecular weight is 517 g/mol. The van der Waals surface area contributed by atoms with Crippen LogP contribution in [0.5, 0.6) is 0 Å². The molecule has 3 heterocycles. The van der Waals surface area contributed by atoms with E-state index in [9.17, 15) is 9.59 Å². The fourth-order valence-corrected chi connectivity index (χ4v) is 4.68. The highest BCUT2D eigenvalue weighted by atomic mass is 16.1. The second kappa shape index (κ2) is 11.5. The topological polar surface area (TPSA) is 101 Å². The Bertz CT molecular complexity index is 1490. The largest absolute Gasteiger partial charge is 0.369 e. The molecule has 1 aromatic carbocycles. The minimum Gasteiger partial charge on any atom is -0.369 e. The molecule has 1 saturated heterocycles. The predicted octanol–water partition coefficient (Wildman–Crippen LogP) is 3.39. The van der Waals surface area contributed by atoms with Crippen LogP contribution in [0.15, 0.2) is 68.8 Å². The van der Waals surface area contributed by atoms with Crippen molar-refractivity contribution in [3.05, 3.63) is 81.0 Å². The minimum atomic E-state index is -0.203. The van der Waals surface area contributed by atoms with Crippen molar-refractivity contribution in [3.63, 3.8) is 0 Å². The molecule has 2 aromatic heterocycles. The number of guanidine groups is 1. The van der Waals surface area contributed by atoms with E-state index in [0.29, 0.717) is 17.1 Å². The Labute approximate surface area is 222 Å². The van der Waals surface area contributed by atoms with Crippen molar-refractivity contribution in [1.82, 2.24) is 19.2 Å². The van der Waals surface area contributed by atoms with Gasteiger partial charge in [-0.25, -0.2) is 14.4 Å². The molecule has 0 aliphatic carbocycles. The van der Waals surface area contributed by atoms with E-state index in [4.69, 9.17) is 4.99 Å². The maximum atomic E-state index is 13.2. The van der Waals surface area contributed by atoms with Crippen LogP contribution in [0.2, 0.25) is 0 Å². The first-order chi connectivity index (χ1) is 18.2. The summed E-state index contributed by atoms with van der Waals surface area (Å²) in [7, 11) is 0. The monoisotopic (exact) mass is 516 g/mol. The molecule has 0 amide bonds. The summed E-state index contributed by atoms with van der Waals surface area (Å²) >= 11 is 0. The molecule has 0 spiro atoms. The van der Waals surface area contributed by atoms with Crippen LogP contribution in [0.25, 0.3) is 5.69 Å². The van der Waals surface area contributed by atoms with Crippen molar-refractivity contribution in [3.8, 4) is 5.69 Å². The van der Waals surface area contributed by atoms with E-state index >= 15 is 0 Å². The van der Waals surface area contributed by atoms with E-state index in [2.05, 4.69) is 52.9 Å². The van der Waals surface area contributed by atoms with Crippen molar-refractivity contribution < 1.29 is 0 Å². The molecule has 1 aliphatic rings. The Morgan fingerprint density at radius 2 is 1.89 bits per heavy atom. The van der Waals surface area contributed by atoms with Crippen molar-refractivity contribution in [2.45, 2.75) is 40.3 Å². The molecule has 0 radical (unpaired) electrons. The third-order valence-electron chi connectivity index (χ3n) is 6.63. The molecular weight excluding hydrogens is 480 g/mol. The molecule has 0 atom stereocenters. The lowest BCUT2D eigenvalue weighted by molar-refractivity contribution is 0.559. The van der Waals surface area contributed by atoms with Crippen LogP contribution < -0.4 is 26.7 Å². The number of nitrogens with one attached hydrogen (secondary N) is 2. The normalized spacial score (nSPS) is 14.1. The number of aliphatic imine (C=N–C) groups is 2. The first-order valence-corrected chi connectivity index (χ1v) is 12.8. The molecule has 200 valence electrons. The van der Waals surface area contributed by atoms with Crippen molar-refractivity contribution >= 4 is 29.9 Å². The van der Waals surface area contributed by atoms with Gasteiger partial charge in [0.1, 0.15) is 0 Å². The van der Waals surface area contributed by atoms with Gasteiger partial charge in [-0.1, -0.05) is 6.08 Å². The molecule has 2 N–H and O–H groups in total. The summed E-state index contributed by atoms with van der Waals surface area (Å²) in [6.45, 7) is 19.3. The van der Waals surface area contributed by atoms with Gasteiger partial charge in [0.2, 0.25) is 5.96 Å². The first-order valence-electron chi connectivity index (χ1n) is 12.8. The second-order valence-electron chi connectivity index (χ2n) is 9.62. The lowest BCUT2D eigenvalue weighted by atomic mass is 10.1. The zero-order chi connectivity index (χ0) is 27.4. The Morgan fingerprint density at radius 1 is 1.16 bits per heavy atom. The van der Waals surface area contributed by atoms with Crippen molar-refractivity contribution in [2.24, 2.45) is 9.98 Å². The van der Waals surface area contributed by atoms with E-state index in [0.717, 1.165) is 37.4 Å². The molecular formula is C28H36N8O2. The van der Waals surface area contributed by atoms with Crippen molar-refractivity contribution in [1.29, 1.82) is 0 Å². The van der Waals surface area contributed by atoms with Crippen LogP contribution in [0.3, 0.4) is 0 Å². The van der Waals surface area contributed by atoms with Crippen molar-refractivity contribution in [2.75, 3.05) is 36.4 Å². The average Bonchev–Trinajstić information content (AvgIpc) is 3.13. The Kier molecular flexibility index (Phi) is 8.11. The zero-order valence-electron chi connectivity index (χ0n) is 22.6. The molecule has 38 heavy (non-hydrogen) atoms. The first kappa shape index (κ1) is 26.9. The number of nitrogens with zero attached hydrogens (tertiary/aromatic N) is 6. The summed E-state index contributed by atoms with van der Waals surface area (Å²) in [5.74, 6) is 0.652.